The van der Waals surface area contributed by atoms with Gasteiger partial charge in [0.05, 0.1) is 16.1 Å². The Labute approximate surface area is 138 Å². The van der Waals surface area contributed by atoms with Gasteiger partial charge in [0, 0.05) is 17.1 Å². The number of carbonyl (C=O) groups is 1. The van der Waals surface area contributed by atoms with Crippen molar-refractivity contribution in [2.24, 2.45) is 0 Å². The smallest absolute Gasteiger partial charge is 0.257 e. The average Bonchev–Trinajstić information content (AvgIpc) is 2.54. The molecule has 0 saturated carbocycles. The maximum absolute atomic E-state index is 12.3. The van der Waals surface area contributed by atoms with Gasteiger partial charge in [-0.05, 0) is 36.2 Å². The number of hydrogen-bond donors (Lipinski definition) is 2. The maximum atomic E-state index is 12.3. The molecule has 116 valence electrons. The molecule has 2 N–H and O–H groups in total. The lowest BCUT2D eigenvalue weighted by Gasteiger charge is -2.09. The zero-order chi connectivity index (χ0) is 16.4. The summed E-state index contributed by atoms with van der Waals surface area (Å²) in [6.45, 7) is 2.00. The molecule has 0 aliphatic heterocycles. The fourth-order valence-electron chi connectivity index (χ4n) is 2.55. The topological polar surface area (TPSA) is 62.0 Å². The molecule has 0 atom stereocenters. The van der Waals surface area contributed by atoms with Crippen molar-refractivity contribution in [1.29, 1.82) is 0 Å². The van der Waals surface area contributed by atoms with Crippen molar-refractivity contribution in [1.82, 2.24) is 4.98 Å². The monoisotopic (exact) mass is 326 g/mol. The van der Waals surface area contributed by atoms with Crippen LogP contribution >= 0.6 is 11.6 Å². The SMILES string of the molecule is CCc1cc(=O)[nH]c2cc(NC(=O)c3ccccc3Cl)ccc12. The zero-order valence-electron chi connectivity index (χ0n) is 12.5. The molecule has 0 aliphatic rings. The summed E-state index contributed by atoms with van der Waals surface area (Å²) in [5.41, 5.74) is 2.54. The van der Waals surface area contributed by atoms with Gasteiger partial charge in [0.2, 0.25) is 5.56 Å². The van der Waals surface area contributed by atoms with Gasteiger partial charge in [-0.1, -0.05) is 36.7 Å². The van der Waals surface area contributed by atoms with Gasteiger partial charge in [-0.15, -0.1) is 0 Å². The third-order valence-electron chi connectivity index (χ3n) is 3.69. The van der Waals surface area contributed by atoms with Crippen molar-refractivity contribution in [3.05, 3.63) is 75.0 Å². The predicted molar refractivity (Wildman–Crippen MR) is 93.4 cm³/mol. The summed E-state index contributed by atoms with van der Waals surface area (Å²) >= 11 is 6.03. The number of halogens is 1. The highest BCUT2D eigenvalue weighted by molar-refractivity contribution is 6.34. The quantitative estimate of drug-likeness (QED) is 0.764. The summed E-state index contributed by atoms with van der Waals surface area (Å²) in [6.07, 6.45) is 0.770. The molecule has 0 radical (unpaired) electrons. The van der Waals surface area contributed by atoms with Crippen LogP contribution in [-0.4, -0.2) is 10.9 Å². The first kappa shape index (κ1) is 15.3. The minimum Gasteiger partial charge on any atom is -0.322 e. The van der Waals surface area contributed by atoms with E-state index in [9.17, 15) is 9.59 Å². The molecule has 3 aromatic rings. The largest absolute Gasteiger partial charge is 0.322 e. The second-order valence-electron chi connectivity index (χ2n) is 5.21. The number of aromatic nitrogens is 1. The van der Waals surface area contributed by atoms with E-state index in [4.69, 9.17) is 11.6 Å². The van der Waals surface area contributed by atoms with Gasteiger partial charge >= 0.3 is 0 Å². The van der Waals surface area contributed by atoms with Crippen LogP contribution in [0.5, 0.6) is 0 Å². The lowest BCUT2D eigenvalue weighted by Crippen LogP contribution is -2.13. The number of nitrogens with one attached hydrogen (secondary N) is 2. The number of amides is 1. The number of pyridine rings is 1. The first-order chi connectivity index (χ1) is 11.1. The third-order valence-corrected chi connectivity index (χ3v) is 4.02. The third kappa shape index (κ3) is 3.12. The Kier molecular flexibility index (Phi) is 4.17. The van der Waals surface area contributed by atoms with Gasteiger partial charge in [0.15, 0.2) is 0 Å². The summed E-state index contributed by atoms with van der Waals surface area (Å²) < 4.78 is 0. The Morgan fingerprint density at radius 2 is 1.96 bits per heavy atom. The molecule has 0 unspecified atom stereocenters. The molecule has 1 aromatic heterocycles. The van der Waals surface area contributed by atoms with Crippen LogP contribution in [0.25, 0.3) is 10.9 Å². The molecule has 3 rings (SSSR count). The van der Waals surface area contributed by atoms with Crippen molar-refractivity contribution in [3.8, 4) is 0 Å². The van der Waals surface area contributed by atoms with Crippen LogP contribution in [0.15, 0.2) is 53.3 Å². The number of H-pyrrole nitrogens is 1. The van der Waals surface area contributed by atoms with E-state index in [0.29, 0.717) is 21.8 Å². The molecule has 5 heteroatoms. The van der Waals surface area contributed by atoms with E-state index < -0.39 is 0 Å². The summed E-state index contributed by atoms with van der Waals surface area (Å²) in [4.78, 5) is 26.8. The highest BCUT2D eigenvalue weighted by Crippen LogP contribution is 2.22. The summed E-state index contributed by atoms with van der Waals surface area (Å²) in [7, 11) is 0. The van der Waals surface area contributed by atoms with Gasteiger partial charge in [0.1, 0.15) is 0 Å². The lowest BCUT2D eigenvalue weighted by molar-refractivity contribution is 0.102. The van der Waals surface area contributed by atoms with Gasteiger partial charge in [0.25, 0.3) is 5.91 Å². The Morgan fingerprint density at radius 1 is 1.17 bits per heavy atom. The van der Waals surface area contributed by atoms with Crippen LogP contribution < -0.4 is 10.9 Å². The number of fused-ring (bicyclic) bond motifs is 1. The highest BCUT2D eigenvalue weighted by Gasteiger charge is 2.10. The Hall–Kier alpha value is -2.59. The molecule has 0 spiro atoms. The molecule has 4 nitrogen and oxygen atoms in total. The van der Waals surface area contributed by atoms with Crippen LogP contribution in [0.4, 0.5) is 5.69 Å². The van der Waals surface area contributed by atoms with Gasteiger partial charge in [-0.2, -0.15) is 0 Å². The van der Waals surface area contributed by atoms with Crippen LogP contribution in [0.3, 0.4) is 0 Å². The summed E-state index contributed by atoms with van der Waals surface area (Å²) in [5, 5.41) is 4.17. The van der Waals surface area contributed by atoms with Crippen LogP contribution in [0, 0.1) is 0 Å². The minimum atomic E-state index is -0.288. The Balaban J connectivity index is 1.97. The Bertz CT molecular complexity index is 947. The van der Waals surface area contributed by atoms with Crippen molar-refractivity contribution in [2.75, 3.05) is 5.32 Å². The number of carbonyl (C=O) groups excluding carboxylic acids is 1. The first-order valence-electron chi connectivity index (χ1n) is 7.30. The van der Waals surface area contributed by atoms with Gasteiger partial charge < -0.3 is 10.3 Å². The molecule has 1 amide bonds. The normalized spacial score (nSPS) is 10.7. The number of benzene rings is 2. The number of rotatable bonds is 3. The van der Waals surface area contributed by atoms with Crippen molar-refractivity contribution < 1.29 is 4.79 Å². The van der Waals surface area contributed by atoms with E-state index in [1.165, 1.54) is 0 Å². The standard InChI is InChI=1S/C18H15ClN2O2/c1-2-11-9-17(22)21-16-10-12(7-8-13(11)16)20-18(23)14-5-3-4-6-15(14)19/h3-10H,2H2,1H3,(H,20,23)(H,21,22). The van der Waals surface area contributed by atoms with Crippen molar-refractivity contribution in [2.45, 2.75) is 13.3 Å². The lowest BCUT2D eigenvalue weighted by atomic mass is 10.1. The fourth-order valence-corrected chi connectivity index (χ4v) is 2.77. The predicted octanol–water partition coefficient (Wildman–Crippen LogP) is 4.00. The molecule has 0 bridgehead atoms. The Morgan fingerprint density at radius 3 is 2.70 bits per heavy atom. The van der Waals surface area contributed by atoms with Crippen LogP contribution in [0.1, 0.15) is 22.8 Å². The highest BCUT2D eigenvalue weighted by atomic mass is 35.5. The number of aromatic amines is 1. The molecule has 23 heavy (non-hydrogen) atoms. The summed E-state index contributed by atoms with van der Waals surface area (Å²) in [5.74, 6) is -0.288. The van der Waals surface area contributed by atoms with Gasteiger partial charge in [-0.3, -0.25) is 9.59 Å². The van der Waals surface area contributed by atoms with Crippen molar-refractivity contribution >= 4 is 34.1 Å². The number of hydrogen-bond acceptors (Lipinski definition) is 2. The molecule has 0 fully saturated rings. The van der Waals surface area contributed by atoms with E-state index >= 15 is 0 Å². The zero-order valence-corrected chi connectivity index (χ0v) is 13.3. The van der Waals surface area contributed by atoms with Crippen LogP contribution in [-0.2, 0) is 6.42 Å². The van der Waals surface area contributed by atoms with E-state index in [2.05, 4.69) is 10.3 Å². The van der Waals surface area contributed by atoms with E-state index in [-0.39, 0.29) is 11.5 Å². The van der Waals surface area contributed by atoms with E-state index in [1.807, 2.05) is 19.1 Å². The maximum Gasteiger partial charge on any atom is 0.257 e. The molecule has 2 aromatic carbocycles. The fraction of sp³-hybridized carbons (Fsp3) is 0.111. The number of aryl methyl sites for hydroxylation is 1. The molecule has 0 saturated heterocycles. The second kappa shape index (κ2) is 6.26. The first-order valence-corrected chi connectivity index (χ1v) is 7.68. The molecular formula is C18H15ClN2O2. The molecule has 0 aliphatic carbocycles. The van der Waals surface area contributed by atoms with Crippen LogP contribution in [0.2, 0.25) is 5.02 Å². The average molecular weight is 327 g/mol. The number of anilines is 1. The molecular weight excluding hydrogens is 312 g/mol. The minimum absolute atomic E-state index is 0.149. The summed E-state index contributed by atoms with van der Waals surface area (Å²) in [6, 6.07) is 13.9. The van der Waals surface area contributed by atoms with E-state index in [1.54, 1.807) is 36.4 Å². The molecule has 1 heterocycles. The van der Waals surface area contributed by atoms with Gasteiger partial charge in [-0.25, -0.2) is 0 Å². The van der Waals surface area contributed by atoms with E-state index in [0.717, 1.165) is 17.4 Å². The second-order valence-corrected chi connectivity index (χ2v) is 5.61. The van der Waals surface area contributed by atoms with Crippen molar-refractivity contribution in [3.63, 3.8) is 0 Å².